The van der Waals surface area contributed by atoms with Crippen molar-refractivity contribution in [3.63, 3.8) is 0 Å². The number of Topliss-reactive ketones (excluding diaryl/α,β-unsaturated/α-hetero) is 2. The van der Waals surface area contributed by atoms with E-state index in [-0.39, 0.29) is 17.1 Å². The Morgan fingerprint density at radius 2 is 0.808 bits per heavy atom. The lowest BCUT2D eigenvalue weighted by Gasteiger charge is -2.30. The van der Waals surface area contributed by atoms with Crippen LogP contribution in [-0.2, 0) is 0 Å². The van der Waals surface area contributed by atoms with Gasteiger partial charge in [-0.2, -0.15) is 0 Å². The first-order valence-electron chi connectivity index (χ1n) is 17.4. The molecule has 0 aliphatic heterocycles. The van der Waals surface area contributed by atoms with Crippen LogP contribution in [0.2, 0.25) is 0 Å². The zero-order valence-corrected chi connectivity index (χ0v) is 29.5. The highest BCUT2D eigenvalue weighted by atomic mass is 28.3. The summed E-state index contributed by atoms with van der Waals surface area (Å²) >= 11 is 0. The number of nitrogens with zero attached hydrogens (tertiary/aromatic N) is 1. The van der Waals surface area contributed by atoms with Gasteiger partial charge in [0.15, 0.2) is 19.6 Å². The molecule has 0 saturated carbocycles. The average molecular weight is 686 g/mol. The first-order valence-corrected chi connectivity index (χ1v) is 19.5. The predicted molar refractivity (Wildman–Crippen MR) is 217 cm³/mol. The van der Waals surface area contributed by atoms with E-state index in [2.05, 4.69) is 132 Å². The lowest BCUT2D eigenvalue weighted by molar-refractivity contribution is 0.0990. The summed E-state index contributed by atoms with van der Waals surface area (Å²) < 4.78 is 0. The second-order valence-corrected chi connectivity index (χ2v) is 16.5. The van der Waals surface area contributed by atoms with Crippen LogP contribution >= 0.6 is 0 Å². The second kappa shape index (κ2) is 14.3. The fourth-order valence-electron chi connectivity index (χ4n) is 7.18. The van der Waals surface area contributed by atoms with E-state index in [9.17, 15) is 9.59 Å². The number of carbonyl (C=O) groups is 2. The zero-order chi connectivity index (χ0) is 35.3. The van der Waals surface area contributed by atoms with E-state index in [4.69, 9.17) is 0 Å². The molecule has 3 nitrogen and oxygen atoms in total. The van der Waals surface area contributed by atoms with Crippen molar-refractivity contribution in [3.05, 3.63) is 228 Å². The van der Waals surface area contributed by atoms with Gasteiger partial charge in [-0.25, -0.2) is 0 Å². The van der Waals surface area contributed by atoms with Crippen LogP contribution in [0.3, 0.4) is 0 Å². The van der Waals surface area contributed by atoms with E-state index in [0.717, 1.165) is 28.2 Å². The Morgan fingerprint density at radius 3 is 1.29 bits per heavy atom. The molecule has 8 rings (SSSR count). The summed E-state index contributed by atoms with van der Waals surface area (Å²) in [6.45, 7) is 0. The van der Waals surface area contributed by atoms with E-state index < -0.39 is 8.07 Å². The van der Waals surface area contributed by atoms with Gasteiger partial charge in [0.05, 0.1) is 5.57 Å². The zero-order valence-electron chi connectivity index (χ0n) is 28.5. The molecule has 0 N–H and O–H groups in total. The van der Waals surface area contributed by atoms with Crippen LogP contribution in [0.25, 0.3) is 12.2 Å². The van der Waals surface area contributed by atoms with Crippen molar-refractivity contribution in [1.29, 1.82) is 0 Å². The number of fused-ring (bicyclic) bond motifs is 1. The van der Waals surface area contributed by atoms with Gasteiger partial charge in [0.2, 0.25) is 0 Å². The van der Waals surface area contributed by atoms with Crippen molar-refractivity contribution in [3.8, 4) is 0 Å². The van der Waals surface area contributed by atoms with Gasteiger partial charge >= 0.3 is 0 Å². The molecule has 248 valence electrons. The summed E-state index contributed by atoms with van der Waals surface area (Å²) in [5.41, 5.74) is 8.16. The van der Waals surface area contributed by atoms with Gasteiger partial charge in [-0.05, 0) is 81.3 Å². The number of allylic oxidation sites excluding steroid dienone is 1. The molecule has 0 fully saturated rings. The van der Waals surface area contributed by atoms with Gasteiger partial charge in [-0.15, -0.1) is 0 Å². The third-order valence-corrected chi connectivity index (χ3v) is 14.1. The normalized spacial score (nSPS) is 13.4. The molecule has 52 heavy (non-hydrogen) atoms. The van der Waals surface area contributed by atoms with Gasteiger partial charge in [-0.1, -0.05) is 157 Å². The van der Waals surface area contributed by atoms with Crippen molar-refractivity contribution in [2.75, 3.05) is 4.90 Å². The van der Waals surface area contributed by atoms with Gasteiger partial charge in [-0.3, -0.25) is 9.59 Å². The van der Waals surface area contributed by atoms with Crippen LogP contribution in [0.5, 0.6) is 0 Å². The minimum Gasteiger partial charge on any atom is -0.311 e. The fourth-order valence-corrected chi connectivity index (χ4v) is 11.4. The predicted octanol–water partition coefficient (Wildman–Crippen LogP) is 9.34. The Labute approximate surface area is 305 Å². The highest BCUT2D eigenvalue weighted by Crippen LogP contribution is 2.35. The standard InChI is InChI=1S/C48H35NO2Si/c50-47-44-31-28-37(32-33-52(41-20-10-3-11-21-41,42-22-12-4-13-23-42)43-24-14-5-15-25-43)34-45(44)48(51)46(47)35-36-26-29-40(30-27-36)49(38-16-6-1-7-17-38)39-18-8-2-9-19-39/h1-35H. The van der Waals surface area contributed by atoms with Crippen molar-refractivity contribution in [2.24, 2.45) is 0 Å². The third-order valence-electron chi connectivity index (χ3n) is 9.73. The molecule has 0 saturated heterocycles. The molecule has 1 aliphatic rings. The number of anilines is 3. The maximum Gasteiger partial charge on any atom is 0.197 e. The lowest BCUT2D eigenvalue weighted by Crippen LogP contribution is -2.66. The number of para-hydroxylation sites is 2. The number of benzene rings is 7. The number of hydrogen-bond donors (Lipinski definition) is 0. The quantitative estimate of drug-likeness (QED) is 0.0658. The van der Waals surface area contributed by atoms with Crippen molar-refractivity contribution in [2.45, 2.75) is 0 Å². The number of hydrogen-bond acceptors (Lipinski definition) is 3. The number of rotatable bonds is 9. The van der Waals surface area contributed by atoms with Crippen LogP contribution < -0.4 is 20.5 Å². The molecule has 0 unspecified atom stereocenters. The SMILES string of the molecule is O=C1C(=Cc2ccc(N(c3ccccc3)c3ccccc3)cc2)C(=O)c2cc(C=C[Si](c3ccccc3)(c3ccccc3)c3ccccc3)ccc21. The van der Waals surface area contributed by atoms with E-state index in [0.29, 0.717) is 11.1 Å². The molecule has 0 aromatic heterocycles. The Balaban J connectivity index is 1.12. The molecule has 0 atom stereocenters. The van der Waals surface area contributed by atoms with Gasteiger partial charge in [0, 0.05) is 28.2 Å². The molecule has 7 aromatic rings. The maximum absolute atomic E-state index is 13.9. The molecule has 0 heterocycles. The summed E-state index contributed by atoms with van der Waals surface area (Å²) in [4.78, 5) is 29.7. The monoisotopic (exact) mass is 685 g/mol. The molecule has 0 bridgehead atoms. The average Bonchev–Trinajstić information content (AvgIpc) is 3.45. The Morgan fingerprint density at radius 1 is 0.404 bits per heavy atom. The van der Waals surface area contributed by atoms with Crippen molar-refractivity contribution < 1.29 is 9.59 Å². The minimum atomic E-state index is -2.63. The van der Waals surface area contributed by atoms with E-state index in [1.54, 1.807) is 12.1 Å². The van der Waals surface area contributed by atoms with Crippen LogP contribution in [0.15, 0.2) is 205 Å². The van der Waals surface area contributed by atoms with Crippen molar-refractivity contribution >= 4 is 64.4 Å². The number of ketones is 2. The molecule has 1 aliphatic carbocycles. The lowest BCUT2D eigenvalue weighted by atomic mass is 10.1. The van der Waals surface area contributed by atoms with Crippen LogP contribution in [-0.4, -0.2) is 19.6 Å². The Hall–Kier alpha value is -6.62. The highest BCUT2D eigenvalue weighted by Gasteiger charge is 2.37. The highest BCUT2D eigenvalue weighted by molar-refractivity contribution is 7.15. The van der Waals surface area contributed by atoms with E-state index in [1.165, 1.54) is 15.6 Å². The van der Waals surface area contributed by atoms with E-state index in [1.807, 2.05) is 72.8 Å². The summed E-state index contributed by atoms with van der Waals surface area (Å²) in [5.74, 6) is -0.483. The van der Waals surface area contributed by atoms with Crippen LogP contribution in [0.4, 0.5) is 17.1 Å². The molecule has 0 radical (unpaired) electrons. The molecule has 4 heteroatoms. The minimum absolute atomic E-state index is 0.188. The summed E-state index contributed by atoms with van der Waals surface area (Å²) in [6, 6.07) is 66.0. The summed E-state index contributed by atoms with van der Waals surface area (Å²) in [7, 11) is -2.63. The first-order chi connectivity index (χ1) is 25.6. The van der Waals surface area contributed by atoms with Crippen LogP contribution in [0, 0.1) is 0 Å². The second-order valence-electron chi connectivity index (χ2n) is 12.9. The molecular formula is C48H35NO2Si. The third kappa shape index (κ3) is 6.17. The summed E-state index contributed by atoms with van der Waals surface area (Å²) in [6.07, 6.45) is 3.85. The largest absolute Gasteiger partial charge is 0.311 e. The summed E-state index contributed by atoms with van der Waals surface area (Å²) in [5, 5.41) is 3.80. The molecular weight excluding hydrogens is 651 g/mol. The first kappa shape index (κ1) is 32.6. The van der Waals surface area contributed by atoms with Gasteiger partial charge < -0.3 is 4.90 Å². The topological polar surface area (TPSA) is 37.4 Å². The number of carbonyl (C=O) groups excluding carboxylic acids is 2. The Bertz CT molecular complexity index is 2270. The molecule has 0 amide bonds. The van der Waals surface area contributed by atoms with E-state index >= 15 is 0 Å². The molecule has 0 spiro atoms. The van der Waals surface area contributed by atoms with Crippen molar-refractivity contribution in [1.82, 2.24) is 0 Å². The fraction of sp³-hybridized carbons (Fsp3) is 0. The smallest absolute Gasteiger partial charge is 0.197 e. The molecule has 7 aromatic carbocycles. The van der Waals surface area contributed by atoms with Crippen LogP contribution in [0.1, 0.15) is 31.8 Å². The van der Waals surface area contributed by atoms with Gasteiger partial charge in [0.1, 0.15) is 0 Å². The Kier molecular flexibility index (Phi) is 8.97. The van der Waals surface area contributed by atoms with Gasteiger partial charge in [0.25, 0.3) is 0 Å². The maximum atomic E-state index is 13.9.